The van der Waals surface area contributed by atoms with E-state index in [0.29, 0.717) is 5.91 Å². The first-order valence-corrected chi connectivity index (χ1v) is 14.4. The Kier molecular flexibility index (Phi) is 7.22. The smallest absolute Gasteiger partial charge is 0.225 e. The van der Waals surface area contributed by atoms with Gasteiger partial charge in [-0.15, -0.1) is 0 Å². The number of carbonyl (C=O) groups is 1. The molecule has 0 bridgehead atoms. The van der Waals surface area contributed by atoms with Crippen LogP contribution in [0.5, 0.6) is 0 Å². The van der Waals surface area contributed by atoms with Crippen molar-refractivity contribution in [2.75, 3.05) is 44.2 Å². The summed E-state index contributed by atoms with van der Waals surface area (Å²) in [5.41, 5.74) is 5.85. The number of halogens is 1. The Bertz CT molecular complexity index is 1420. The molecule has 3 aromatic carbocycles. The number of hydrogen-bond acceptors (Lipinski definition) is 4. The first kappa shape index (κ1) is 25.1. The van der Waals surface area contributed by atoms with Crippen molar-refractivity contribution >= 4 is 38.6 Å². The number of nitrogens with zero attached hydrogens (tertiary/aromatic N) is 5. The maximum Gasteiger partial charge on any atom is 0.225 e. The van der Waals surface area contributed by atoms with Crippen LogP contribution < -0.4 is 4.90 Å². The van der Waals surface area contributed by atoms with Gasteiger partial charge in [0.1, 0.15) is 5.82 Å². The molecule has 7 heteroatoms. The van der Waals surface area contributed by atoms with Crippen molar-refractivity contribution in [2.24, 2.45) is 5.92 Å². The molecule has 6 nitrogen and oxygen atoms in total. The van der Waals surface area contributed by atoms with Crippen LogP contribution in [0.15, 0.2) is 77.3 Å². The third-order valence-electron chi connectivity index (χ3n) is 8.06. The van der Waals surface area contributed by atoms with Crippen LogP contribution in [0.25, 0.3) is 16.7 Å². The third-order valence-corrected chi connectivity index (χ3v) is 8.59. The molecule has 0 radical (unpaired) electrons. The second kappa shape index (κ2) is 10.9. The van der Waals surface area contributed by atoms with Gasteiger partial charge in [0.2, 0.25) is 5.91 Å². The fourth-order valence-electron chi connectivity index (χ4n) is 5.94. The highest BCUT2D eigenvalue weighted by molar-refractivity contribution is 9.10. The van der Waals surface area contributed by atoms with E-state index in [2.05, 4.69) is 109 Å². The lowest BCUT2D eigenvalue weighted by Gasteiger charge is -2.39. The molecule has 38 heavy (non-hydrogen) atoms. The summed E-state index contributed by atoms with van der Waals surface area (Å²) in [6.45, 7) is 8.21. The minimum Gasteiger partial charge on any atom is -0.368 e. The third kappa shape index (κ3) is 5.09. The van der Waals surface area contributed by atoms with Crippen molar-refractivity contribution < 1.29 is 4.79 Å². The Labute approximate surface area is 233 Å². The summed E-state index contributed by atoms with van der Waals surface area (Å²) in [5, 5.41) is 0. The highest BCUT2D eigenvalue weighted by Gasteiger charge is 2.31. The molecule has 196 valence electrons. The highest BCUT2D eigenvalue weighted by atomic mass is 79.9. The van der Waals surface area contributed by atoms with Crippen molar-refractivity contribution in [3.63, 3.8) is 0 Å². The Morgan fingerprint density at radius 3 is 2.29 bits per heavy atom. The van der Waals surface area contributed by atoms with Gasteiger partial charge in [-0.05, 0) is 80.9 Å². The first-order chi connectivity index (χ1) is 18.6. The Hall–Kier alpha value is -3.16. The fourth-order valence-corrected chi connectivity index (χ4v) is 6.21. The molecule has 3 heterocycles. The molecule has 2 aliphatic heterocycles. The van der Waals surface area contributed by atoms with Crippen LogP contribution in [0.4, 0.5) is 5.69 Å². The number of rotatable bonds is 5. The number of hydrogen-bond donors (Lipinski definition) is 0. The number of para-hydroxylation sites is 3. The Morgan fingerprint density at radius 1 is 0.868 bits per heavy atom. The molecule has 4 aromatic rings. The van der Waals surface area contributed by atoms with E-state index in [1.165, 1.54) is 11.3 Å². The normalized spacial score (nSPS) is 17.3. The molecule has 2 saturated heterocycles. The summed E-state index contributed by atoms with van der Waals surface area (Å²) in [7, 11) is 0. The molecular weight excluding hydrogens is 538 g/mol. The number of aromatic nitrogens is 2. The van der Waals surface area contributed by atoms with E-state index in [9.17, 15) is 4.79 Å². The Morgan fingerprint density at radius 2 is 1.55 bits per heavy atom. The molecule has 2 aliphatic rings. The average Bonchev–Trinajstić information content (AvgIpc) is 3.32. The SMILES string of the molecule is Cc1ccccc1N1CCN(C(=O)C2CCN(Cc3nc4ccccc4n3-c3ccc(Br)cc3)CC2)CC1. The minimum atomic E-state index is 0.126. The summed E-state index contributed by atoms with van der Waals surface area (Å²) < 4.78 is 3.34. The average molecular weight is 573 g/mol. The zero-order valence-electron chi connectivity index (χ0n) is 21.9. The summed E-state index contributed by atoms with van der Waals surface area (Å²) in [5.74, 6) is 1.52. The van der Waals surface area contributed by atoms with Gasteiger partial charge in [-0.2, -0.15) is 0 Å². The van der Waals surface area contributed by atoms with Crippen LogP contribution in [0, 0.1) is 12.8 Å². The standard InChI is InChI=1S/C31H34BrN5O/c1-23-6-2-4-8-28(23)35-18-20-36(21-19-35)31(38)24-14-16-34(17-15-24)22-30-33-27-7-3-5-9-29(27)37(30)26-12-10-25(32)11-13-26/h2-13,24H,14-22H2,1H3. The number of anilines is 1. The van der Waals surface area contributed by atoms with E-state index in [1.54, 1.807) is 0 Å². The zero-order valence-corrected chi connectivity index (χ0v) is 23.5. The van der Waals surface area contributed by atoms with Crippen molar-refractivity contribution in [3.05, 3.63) is 88.7 Å². The number of fused-ring (bicyclic) bond motifs is 1. The maximum absolute atomic E-state index is 13.4. The van der Waals surface area contributed by atoms with E-state index >= 15 is 0 Å². The number of likely N-dealkylation sites (tertiary alicyclic amines) is 1. The summed E-state index contributed by atoms with van der Waals surface area (Å²) in [6.07, 6.45) is 1.82. The van der Waals surface area contributed by atoms with E-state index in [-0.39, 0.29) is 5.92 Å². The molecule has 0 atom stereocenters. The van der Waals surface area contributed by atoms with Gasteiger partial charge in [0.15, 0.2) is 0 Å². The van der Waals surface area contributed by atoms with Gasteiger partial charge in [-0.25, -0.2) is 4.98 Å². The van der Waals surface area contributed by atoms with E-state index in [4.69, 9.17) is 4.98 Å². The molecule has 6 rings (SSSR count). The number of carbonyl (C=O) groups excluding carboxylic acids is 1. The lowest BCUT2D eigenvalue weighted by atomic mass is 9.95. The topological polar surface area (TPSA) is 44.6 Å². The van der Waals surface area contributed by atoms with Crippen molar-refractivity contribution in [1.29, 1.82) is 0 Å². The van der Waals surface area contributed by atoms with Gasteiger partial charge in [0.05, 0.1) is 17.6 Å². The molecule has 1 aromatic heterocycles. The summed E-state index contributed by atoms with van der Waals surface area (Å²) in [4.78, 5) is 25.4. The monoisotopic (exact) mass is 571 g/mol. The fraction of sp³-hybridized carbons (Fsp3) is 0.355. The van der Waals surface area contributed by atoms with Crippen LogP contribution in [0.3, 0.4) is 0 Å². The summed E-state index contributed by atoms with van der Waals surface area (Å²) >= 11 is 3.55. The second-order valence-corrected chi connectivity index (χ2v) is 11.4. The predicted octanol–water partition coefficient (Wildman–Crippen LogP) is 5.66. The summed E-state index contributed by atoms with van der Waals surface area (Å²) in [6, 6.07) is 25.3. The number of piperazine rings is 1. The van der Waals surface area contributed by atoms with Gasteiger partial charge < -0.3 is 9.80 Å². The molecule has 1 amide bonds. The quantitative estimate of drug-likeness (QED) is 0.310. The molecule has 0 unspecified atom stereocenters. The molecule has 0 aliphatic carbocycles. The lowest BCUT2D eigenvalue weighted by molar-refractivity contribution is -0.137. The number of imidazole rings is 1. The van der Waals surface area contributed by atoms with Crippen LogP contribution in [-0.2, 0) is 11.3 Å². The van der Waals surface area contributed by atoms with Crippen molar-refractivity contribution in [3.8, 4) is 5.69 Å². The Balaban J connectivity index is 1.08. The van der Waals surface area contributed by atoms with Gasteiger partial charge in [-0.1, -0.05) is 46.3 Å². The van der Waals surface area contributed by atoms with E-state index in [0.717, 1.165) is 85.7 Å². The van der Waals surface area contributed by atoms with Crippen LogP contribution in [0.2, 0.25) is 0 Å². The van der Waals surface area contributed by atoms with Crippen LogP contribution in [-0.4, -0.2) is 64.5 Å². The number of benzene rings is 3. The van der Waals surface area contributed by atoms with Crippen molar-refractivity contribution in [2.45, 2.75) is 26.3 Å². The first-order valence-electron chi connectivity index (χ1n) is 13.6. The van der Waals surface area contributed by atoms with Gasteiger partial charge in [0.25, 0.3) is 0 Å². The van der Waals surface area contributed by atoms with E-state index < -0.39 is 0 Å². The number of piperidine rings is 1. The molecule has 0 N–H and O–H groups in total. The predicted molar refractivity (Wildman–Crippen MR) is 157 cm³/mol. The number of aryl methyl sites for hydroxylation is 1. The van der Waals surface area contributed by atoms with E-state index in [1.807, 2.05) is 6.07 Å². The second-order valence-electron chi connectivity index (χ2n) is 10.5. The number of amides is 1. The van der Waals surface area contributed by atoms with Gasteiger partial charge in [0, 0.05) is 47.9 Å². The van der Waals surface area contributed by atoms with Gasteiger partial charge >= 0.3 is 0 Å². The van der Waals surface area contributed by atoms with Gasteiger partial charge in [-0.3, -0.25) is 14.3 Å². The van der Waals surface area contributed by atoms with Crippen LogP contribution in [0.1, 0.15) is 24.2 Å². The molecule has 2 fully saturated rings. The molecule has 0 saturated carbocycles. The largest absolute Gasteiger partial charge is 0.368 e. The maximum atomic E-state index is 13.4. The van der Waals surface area contributed by atoms with Crippen molar-refractivity contribution in [1.82, 2.24) is 19.4 Å². The molecule has 0 spiro atoms. The van der Waals surface area contributed by atoms with Crippen LogP contribution >= 0.6 is 15.9 Å². The molecular formula is C31H34BrN5O. The minimum absolute atomic E-state index is 0.126. The lowest BCUT2D eigenvalue weighted by Crippen LogP contribution is -2.51. The highest BCUT2D eigenvalue weighted by Crippen LogP contribution is 2.27. The zero-order chi connectivity index (χ0) is 26.1.